The molecule has 1 saturated heterocycles. The SMILES string of the molecule is O=C(NCC1CCN(c2cc(-c3cccnc3)[nH]n2)CC1)C1CCCCC1. The van der Waals surface area contributed by atoms with E-state index >= 15 is 0 Å². The lowest BCUT2D eigenvalue weighted by Gasteiger charge is -2.32. The normalized spacial score (nSPS) is 19.2. The van der Waals surface area contributed by atoms with Crippen LogP contribution in [0.15, 0.2) is 30.6 Å². The number of amides is 1. The summed E-state index contributed by atoms with van der Waals surface area (Å²) in [5, 5.41) is 10.8. The van der Waals surface area contributed by atoms with Gasteiger partial charge in [0, 0.05) is 49.6 Å². The van der Waals surface area contributed by atoms with Crippen molar-refractivity contribution in [2.45, 2.75) is 44.9 Å². The maximum Gasteiger partial charge on any atom is 0.223 e. The minimum atomic E-state index is 0.258. The van der Waals surface area contributed by atoms with E-state index in [9.17, 15) is 4.79 Å². The van der Waals surface area contributed by atoms with Crippen LogP contribution >= 0.6 is 0 Å². The Kier molecular flexibility index (Phi) is 5.70. The van der Waals surface area contributed by atoms with Gasteiger partial charge in [-0.2, -0.15) is 5.10 Å². The van der Waals surface area contributed by atoms with Crippen molar-refractivity contribution in [2.75, 3.05) is 24.5 Å². The Hall–Kier alpha value is -2.37. The molecular formula is C21H29N5O. The van der Waals surface area contributed by atoms with E-state index in [0.29, 0.717) is 5.92 Å². The molecule has 2 N–H and O–H groups in total. The van der Waals surface area contributed by atoms with Gasteiger partial charge in [0.05, 0.1) is 5.69 Å². The van der Waals surface area contributed by atoms with Crippen molar-refractivity contribution < 1.29 is 4.79 Å². The molecule has 0 atom stereocenters. The van der Waals surface area contributed by atoms with E-state index < -0.39 is 0 Å². The molecule has 0 radical (unpaired) electrons. The van der Waals surface area contributed by atoms with Crippen LogP contribution in [-0.4, -0.2) is 40.7 Å². The van der Waals surface area contributed by atoms with Crippen molar-refractivity contribution in [3.05, 3.63) is 30.6 Å². The van der Waals surface area contributed by atoms with Crippen LogP contribution in [0, 0.1) is 11.8 Å². The average molecular weight is 367 g/mol. The number of rotatable bonds is 5. The highest BCUT2D eigenvalue weighted by atomic mass is 16.1. The van der Waals surface area contributed by atoms with Gasteiger partial charge in [-0.1, -0.05) is 19.3 Å². The van der Waals surface area contributed by atoms with Gasteiger partial charge in [-0.15, -0.1) is 0 Å². The van der Waals surface area contributed by atoms with Crippen LogP contribution < -0.4 is 10.2 Å². The number of hydrogen-bond donors (Lipinski definition) is 2. The van der Waals surface area contributed by atoms with Gasteiger partial charge in [0.15, 0.2) is 5.82 Å². The van der Waals surface area contributed by atoms with E-state index in [1.54, 1.807) is 6.20 Å². The van der Waals surface area contributed by atoms with Crippen molar-refractivity contribution in [2.24, 2.45) is 11.8 Å². The summed E-state index contributed by atoms with van der Waals surface area (Å²) in [7, 11) is 0. The number of aromatic amines is 1. The predicted octanol–water partition coefficient (Wildman–Crippen LogP) is 3.38. The van der Waals surface area contributed by atoms with Gasteiger partial charge in [0.25, 0.3) is 0 Å². The van der Waals surface area contributed by atoms with Crippen molar-refractivity contribution in [3.63, 3.8) is 0 Å². The zero-order valence-electron chi connectivity index (χ0n) is 15.9. The molecule has 2 aromatic heterocycles. The molecule has 4 rings (SSSR count). The second-order valence-corrected chi connectivity index (χ2v) is 7.89. The molecule has 27 heavy (non-hydrogen) atoms. The Balaban J connectivity index is 1.24. The van der Waals surface area contributed by atoms with Crippen molar-refractivity contribution >= 4 is 11.7 Å². The van der Waals surface area contributed by atoms with Crippen LogP contribution in [0.2, 0.25) is 0 Å². The summed E-state index contributed by atoms with van der Waals surface area (Å²) in [4.78, 5) is 18.8. The first-order valence-electron chi connectivity index (χ1n) is 10.3. The zero-order valence-corrected chi connectivity index (χ0v) is 15.9. The lowest BCUT2D eigenvalue weighted by Crippen LogP contribution is -2.40. The highest BCUT2D eigenvalue weighted by Gasteiger charge is 2.24. The number of piperidine rings is 1. The largest absolute Gasteiger partial charge is 0.356 e. The van der Waals surface area contributed by atoms with Crippen molar-refractivity contribution in [1.29, 1.82) is 0 Å². The molecule has 6 heteroatoms. The van der Waals surface area contributed by atoms with Gasteiger partial charge in [0.2, 0.25) is 5.91 Å². The fourth-order valence-corrected chi connectivity index (χ4v) is 4.26. The van der Waals surface area contributed by atoms with E-state index in [4.69, 9.17) is 0 Å². The molecule has 0 spiro atoms. The summed E-state index contributed by atoms with van der Waals surface area (Å²) in [6.07, 6.45) is 11.7. The summed E-state index contributed by atoms with van der Waals surface area (Å²) in [5.41, 5.74) is 2.05. The van der Waals surface area contributed by atoms with Crippen LogP contribution in [0.5, 0.6) is 0 Å². The number of H-pyrrole nitrogens is 1. The van der Waals surface area contributed by atoms with Crippen LogP contribution in [-0.2, 0) is 4.79 Å². The summed E-state index contributed by atoms with van der Waals surface area (Å²) < 4.78 is 0. The topological polar surface area (TPSA) is 73.9 Å². The smallest absolute Gasteiger partial charge is 0.223 e. The third-order valence-electron chi connectivity index (χ3n) is 6.02. The van der Waals surface area contributed by atoms with Crippen LogP contribution in [0.4, 0.5) is 5.82 Å². The Morgan fingerprint density at radius 1 is 1.19 bits per heavy atom. The molecular weight excluding hydrogens is 338 g/mol. The first-order chi connectivity index (χ1) is 13.3. The minimum absolute atomic E-state index is 0.258. The fourth-order valence-electron chi connectivity index (χ4n) is 4.26. The summed E-state index contributed by atoms with van der Waals surface area (Å²) in [6, 6.07) is 6.07. The Bertz CT molecular complexity index is 730. The first-order valence-corrected chi connectivity index (χ1v) is 10.3. The number of nitrogens with one attached hydrogen (secondary N) is 2. The number of hydrogen-bond acceptors (Lipinski definition) is 4. The summed E-state index contributed by atoms with van der Waals surface area (Å²) in [6.45, 7) is 2.80. The molecule has 0 bridgehead atoms. The van der Waals surface area contributed by atoms with E-state index in [-0.39, 0.29) is 11.8 Å². The maximum atomic E-state index is 12.3. The summed E-state index contributed by atoms with van der Waals surface area (Å²) in [5.74, 6) is 2.11. The first kappa shape index (κ1) is 18.0. The van der Waals surface area contributed by atoms with Crippen LogP contribution in [0.3, 0.4) is 0 Å². The van der Waals surface area contributed by atoms with Gasteiger partial charge in [-0.05, 0) is 43.7 Å². The minimum Gasteiger partial charge on any atom is -0.356 e. The fraction of sp³-hybridized carbons (Fsp3) is 0.571. The number of nitrogens with zero attached hydrogens (tertiary/aromatic N) is 3. The molecule has 144 valence electrons. The van der Waals surface area contributed by atoms with E-state index in [1.807, 2.05) is 18.3 Å². The van der Waals surface area contributed by atoms with Crippen LogP contribution in [0.25, 0.3) is 11.3 Å². The van der Waals surface area contributed by atoms with Crippen molar-refractivity contribution in [3.8, 4) is 11.3 Å². The van der Waals surface area contributed by atoms with E-state index in [1.165, 1.54) is 19.3 Å². The highest BCUT2D eigenvalue weighted by molar-refractivity contribution is 5.78. The van der Waals surface area contributed by atoms with Gasteiger partial charge >= 0.3 is 0 Å². The molecule has 2 aromatic rings. The Morgan fingerprint density at radius 2 is 2.00 bits per heavy atom. The highest BCUT2D eigenvalue weighted by Crippen LogP contribution is 2.26. The lowest BCUT2D eigenvalue weighted by atomic mass is 9.88. The molecule has 2 fully saturated rings. The number of carbonyl (C=O) groups excluding carboxylic acids is 1. The number of carbonyl (C=O) groups is 1. The Morgan fingerprint density at radius 3 is 2.74 bits per heavy atom. The molecule has 1 amide bonds. The molecule has 1 aliphatic heterocycles. The lowest BCUT2D eigenvalue weighted by molar-refractivity contribution is -0.126. The third-order valence-corrected chi connectivity index (χ3v) is 6.02. The van der Waals surface area contributed by atoms with Gasteiger partial charge in [-0.3, -0.25) is 14.9 Å². The molecule has 0 unspecified atom stereocenters. The van der Waals surface area contributed by atoms with Gasteiger partial charge in [-0.25, -0.2) is 0 Å². The maximum absolute atomic E-state index is 12.3. The average Bonchev–Trinajstić information content (AvgIpc) is 3.24. The summed E-state index contributed by atoms with van der Waals surface area (Å²) >= 11 is 0. The molecule has 1 aliphatic carbocycles. The molecule has 0 aromatic carbocycles. The zero-order chi connectivity index (χ0) is 18.5. The van der Waals surface area contributed by atoms with E-state index in [2.05, 4.69) is 31.5 Å². The quantitative estimate of drug-likeness (QED) is 0.850. The van der Waals surface area contributed by atoms with Crippen LogP contribution in [0.1, 0.15) is 44.9 Å². The monoisotopic (exact) mass is 367 g/mol. The Labute approximate surface area is 160 Å². The van der Waals surface area contributed by atoms with Crippen molar-refractivity contribution in [1.82, 2.24) is 20.5 Å². The second-order valence-electron chi connectivity index (χ2n) is 7.89. The van der Waals surface area contributed by atoms with E-state index in [0.717, 1.165) is 62.4 Å². The number of pyridine rings is 1. The predicted molar refractivity (Wildman–Crippen MR) is 106 cm³/mol. The third kappa shape index (κ3) is 4.49. The number of aromatic nitrogens is 3. The molecule has 2 aliphatic rings. The molecule has 1 saturated carbocycles. The van der Waals surface area contributed by atoms with Gasteiger partial charge < -0.3 is 10.2 Å². The van der Waals surface area contributed by atoms with Gasteiger partial charge in [0.1, 0.15) is 0 Å². The second kappa shape index (κ2) is 8.55. The number of anilines is 1. The molecule has 3 heterocycles. The molecule has 6 nitrogen and oxygen atoms in total. The standard InChI is InChI=1S/C21H29N5O/c27-21(17-5-2-1-3-6-17)23-14-16-8-11-26(12-9-16)20-13-19(24-25-20)18-7-4-10-22-15-18/h4,7,10,13,15-17H,1-3,5-6,8-9,11-12,14H2,(H,23,27)(H,24,25).